The van der Waals surface area contributed by atoms with Crippen LogP contribution in [0, 0.1) is 5.82 Å². The molecule has 1 atom stereocenters. The first-order chi connectivity index (χ1) is 17.8. The summed E-state index contributed by atoms with van der Waals surface area (Å²) >= 11 is 1.16. The number of amides is 1. The molecule has 184 valence electrons. The van der Waals surface area contributed by atoms with Gasteiger partial charge in [0.2, 0.25) is 0 Å². The third kappa shape index (κ3) is 4.76. The quantitative estimate of drug-likeness (QED) is 0.425. The van der Waals surface area contributed by atoms with Gasteiger partial charge in [-0.15, -0.1) is 0 Å². The van der Waals surface area contributed by atoms with Gasteiger partial charge in [0.25, 0.3) is 11.5 Å². The van der Waals surface area contributed by atoms with Crippen molar-refractivity contribution in [3.05, 3.63) is 132 Å². The minimum Gasteiger partial charge on any atom is -0.478 e. The maximum Gasteiger partial charge on any atom is 0.335 e. The topological polar surface area (TPSA) is 101 Å². The van der Waals surface area contributed by atoms with Crippen LogP contribution in [0.2, 0.25) is 0 Å². The molecular formula is C28H20FN3O4S. The molecule has 1 aromatic heterocycles. The second-order valence-electron chi connectivity index (χ2n) is 8.38. The number of carboxylic acids is 1. The van der Waals surface area contributed by atoms with Gasteiger partial charge in [0.1, 0.15) is 5.82 Å². The summed E-state index contributed by atoms with van der Waals surface area (Å²) in [7, 11) is 0. The molecule has 2 heterocycles. The number of hydrogen-bond donors (Lipinski definition) is 2. The summed E-state index contributed by atoms with van der Waals surface area (Å²) in [4.78, 5) is 43.2. The Morgan fingerprint density at radius 2 is 1.70 bits per heavy atom. The molecule has 0 unspecified atom stereocenters. The number of para-hydroxylation sites is 1. The minimum absolute atomic E-state index is 0.139. The first-order valence-electron chi connectivity index (χ1n) is 11.3. The van der Waals surface area contributed by atoms with Crippen molar-refractivity contribution in [2.75, 3.05) is 5.32 Å². The number of halogens is 1. The maximum atomic E-state index is 13.8. The molecule has 2 N–H and O–H groups in total. The van der Waals surface area contributed by atoms with Gasteiger partial charge in [-0.2, -0.15) is 0 Å². The number of carbonyl (C=O) groups excluding carboxylic acids is 1. The molecular weight excluding hydrogens is 493 g/mol. The molecule has 0 saturated heterocycles. The van der Waals surface area contributed by atoms with Gasteiger partial charge >= 0.3 is 5.97 Å². The molecule has 3 aromatic carbocycles. The van der Waals surface area contributed by atoms with Gasteiger partial charge in [-0.1, -0.05) is 53.8 Å². The van der Waals surface area contributed by atoms with Crippen molar-refractivity contribution in [1.82, 2.24) is 4.57 Å². The van der Waals surface area contributed by atoms with Crippen molar-refractivity contribution < 1.29 is 19.1 Å². The fourth-order valence-corrected chi connectivity index (χ4v) is 5.21. The van der Waals surface area contributed by atoms with Crippen LogP contribution < -0.4 is 20.2 Å². The molecule has 1 aliphatic rings. The number of nitrogens with one attached hydrogen (secondary N) is 1. The molecule has 0 bridgehead atoms. The van der Waals surface area contributed by atoms with Crippen LogP contribution in [0.5, 0.6) is 0 Å². The van der Waals surface area contributed by atoms with Crippen molar-refractivity contribution in [2.45, 2.75) is 13.0 Å². The Morgan fingerprint density at radius 3 is 2.35 bits per heavy atom. The fourth-order valence-electron chi connectivity index (χ4n) is 4.17. The molecule has 9 heteroatoms. The summed E-state index contributed by atoms with van der Waals surface area (Å²) in [5.74, 6) is -1.89. The number of rotatable bonds is 5. The van der Waals surface area contributed by atoms with Gasteiger partial charge < -0.3 is 10.4 Å². The molecule has 7 nitrogen and oxygen atoms in total. The highest BCUT2D eigenvalue weighted by atomic mass is 32.1. The lowest BCUT2D eigenvalue weighted by atomic mass is 9.95. The van der Waals surface area contributed by atoms with Gasteiger partial charge in [0.15, 0.2) is 4.80 Å². The second-order valence-corrected chi connectivity index (χ2v) is 9.39. The molecule has 0 fully saturated rings. The second kappa shape index (κ2) is 9.79. The predicted octanol–water partition coefficient (Wildman–Crippen LogP) is 3.71. The predicted molar refractivity (Wildman–Crippen MR) is 139 cm³/mol. The Labute approximate surface area is 214 Å². The van der Waals surface area contributed by atoms with E-state index in [1.165, 1.54) is 28.8 Å². The number of aromatic nitrogens is 1. The van der Waals surface area contributed by atoms with Crippen LogP contribution in [-0.2, 0) is 4.79 Å². The number of thiazole rings is 1. The number of carbonyl (C=O) groups is 2. The molecule has 0 radical (unpaired) electrons. The number of carboxylic acid groups (broad SMARTS) is 1. The van der Waals surface area contributed by atoms with E-state index in [-0.39, 0.29) is 16.7 Å². The summed E-state index contributed by atoms with van der Waals surface area (Å²) in [6.45, 7) is 1.71. The summed E-state index contributed by atoms with van der Waals surface area (Å²) < 4.78 is 15.6. The van der Waals surface area contributed by atoms with E-state index in [9.17, 15) is 18.8 Å². The number of anilines is 1. The van der Waals surface area contributed by atoms with Crippen LogP contribution in [0.25, 0.3) is 6.08 Å². The van der Waals surface area contributed by atoms with Gasteiger partial charge in [-0.05, 0) is 60.5 Å². The van der Waals surface area contributed by atoms with Crippen molar-refractivity contribution in [1.29, 1.82) is 0 Å². The number of benzene rings is 3. The van der Waals surface area contributed by atoms with E-state index >= 15 is 0 Å². The SMILES string of the molecule is CC1=C(C(=O)Nc2ccccc2)[C@H](c2ccc(F)cc2)n2c(s/c(=C\c3ccc(C(=O)O)cc3)c2=O)=N1. The van der Waals surface area contributed by atoms with Crippen LogP contribution >= 0.6 is 11.3 Å². The lowest BCUT2D eigenvalue weighted by Gasteiger charge is -2.25. The van der Waals surface area contributed by atoms with Crippen LogP contribution in [0.4, 0.5) is 10.1 Å². The molecule has 0 spiro atoms. The van der Waals surface area contributed by atoms with E-state index in [2.05, 4.69) is 10.3 Å². The third-order valence-electron chi connectivity index (χ3n) is 5.94. The molecule has 0 aliphatic carbocycles. The van der Waals surface area contributed by atoms with Crippen LogP contribution in [0.15, 0.2) is 99.9 Å². The zero-order chi connectivity index (χ0) is 26.1. The first kappa shape index (κ1) is 24.1. The van der Waals surface area contributed by atoms with Gasteiger partial charge in [0, 0.05) is 5.69 Å². The van der Waals surface area contributed by atoms with Crippen LogP contribution in [0.3, 0.4) is 0 Å². The lowest BCUT2D eigenvalue weighted by molar-refractivity contribution is -0.113. The van der Waals surface area contributed by atoms with Gasteiger partial charge in [-0.25, -0.2) is 14.2 Å². The molecule has 1 aliphatic heterocycles. The number of fused-ring (bicyclic) bond motifs is 1. The van der Waals surface area contributed by atoms with Gasteiger partial charge in [-0.3, -0.25) is 14.2 Å². The highest BCUT2D eigenvalue weighted by Gasteiger charge is 2.32. The zero-order valence-corrected chi connectivity index (χ0v) is 20.3. The van der Waals surface area contributed by atoms with E-state index in [1.54, 1.807) is 61.5 Å². The Morgan fingerprint density at radius 1 is 1.03 bits per heavy atom. The van der Waals surface area contributed by atoms with E-state index in [4.69, 9.17) is 5.11 Å². The van der Waals surface area contributed by atoms with E-state index in [1.807, 2.05) is 6.07 Å². The van der Waals surface area contributed by atoms with Crippen molar-refractivity contribution >= 4 is 35.0 Å². The molecule has 5 rings (SSSR count). The fraction of sp³-hybridized carbons (Fsp3) is 0.0714. The highest BCUT2D eigenvalue weighted by Crippen LogP contribution is 2.30. The standard InChI is InChI=1S/C28H20FN3O4S/c1-16-23(25(33)31-21-5-3-2-4-6-21)24(18-11-13-20(29)14-12-18)32-26(34)22(37-28(32)30-16)15-17-7-9-19(10-8-17)27(35)36/h2-15,24H,1H3,(H,31,33)(H,35,36)/b22-15-/t24-/m0/s1. The monoisotopic (exact) mass is 513 g/mol. The van der Waals surface area contributed by atoms with E-state index < -0.39 is 23.7 Å². The average molecular weight is 514 g/mol. The Bertz CT molecular complexity index is 1720. The Kier molecular flexibility index (Phi) is 6.37. The lowest BCUT2D eigenvalue weighted by Crippen LogP contribution is -2.40. The molecule has 37 heavy (non-hydrogen) atoms. The normalized spacial score (nSPS) is 15.2. The molecule has 4 aromatic rings. The largest absolute Gasteiger partial charge is 0.478 e. The number of nitrogens with zero attached hydrogens (tertiary/aromatic N) is 2. The minimum atomic E-state index is -1.04. The number of aromatic carboxylic acids is 1. The van der Waals surface area contributed by atoms with E-state index in [0.717, 1.165) is 11.3 Å². The molecule has 1 amide bonds. The van der Waals surface area contributed by atoms with Crippen molar-refractivity contribution in [3.8, 4) is 0 Å². The Hall–Kier alpha value is -4.63. The zero-order valence-electron chi connectivity index (χ0n) is 19.5. The van der Waals surface area contributed by atoms with Crippen molar-refractivity contribution in [3.63, 3.8) is 0 Å². The highest BCUT2D eigenvalue weighted by molar-refractivity contribution is 7.07. The maximum absolute atomic E-state index is 13.8. The number of allylic oxidation sites excluding steroid dienone is 1. The summed E-state index contributed by atoms with van der Waals surface area (Å²) in [5.41, 5.74) is 2.30. The van der Waals surface area contributed by atoms with Gasteiger partial charge in [0.05, 0.1) is 27.4 Å². The van der Waals surface area contributed by atoms with Crippen LogP contribution in [-0.4, -0.2) is 21.6 Å². The average Bonchev–Trinajstić information content (AvgIpc) is 3.18. The summed E-state index contributed by atoms with van der Waals surface area (Å²) in [6, 6.07) is 20.0. The van der Waals surface area contributed by atoms with Crippen LogP contribution in [0.1, 0.15) is 34.5 Å². The Balaban J connectivity index is 1.64. The summed E-state index contributed by atoms with van der Waals surface area (Å²) in [5, 5.41) is 12.0. The third-order valence-corrected chi connectivity index (χ3v) is 6.92. The molecule has 0 saturated carbocycles. The first-order valence-corrected chi connectivity index (χ1v) is 12.1. The smallest absolute Gasteiger partial charge is 0.335 e. The summed E-state index contributed by atoms with van der Waals surface area (Å²) in [6.07, 6.45) is 1.65. The number of hydrogen-bond acceptors (Lipinski definition) is 5. The van der Waals surface area contributed by atoms with Crippen molar-refractivity contribution in [2.24, 2.45) is 4.99 Å². The van der Waals surface area contributed by atoms with E-state index in [0.29, 0.717) is 31.8 Å².